The standard InChI is InChI=1S/C14H21BrN2O/c1-4-14(2,10-16)13(18)17(3)9-11-6-5-7-12(15)8-11/h5-8H,4,9-10,16H2,1-3H3. The Labute approximate surface area is 117 Å². The molecular formula is C14H21BrN2O. The second-order valence-electron chi connectivity index (χ2n) is 4.91. The number of hydrogen-bond donors (Lipinski definition) is 1. The fourth-order valence-corrected chi connectivity index (χ4v) is 2.27. The number of rotatable bonds is 5. The summed E-state index contributed by atoms with van der Waals surface area (Å²) < 4.78 is 1.03. The molecule has 0 aliphatic heterocycles. The summed E-state index contributed by atoms with van der Waals surface area (Å²) in [6.45, 7) is 4.91. The van der Waals surface area contributed by atoms with Crippen LogP contribution in [0.4, 0.5) is 0 Å². The third-order valence-electron chi connectivity index (χ3n) is 3.40. The maximum Gasteiger partial charge on any atom is 0.229 e. The number of carbonyl (C=O) groups is 1. The normalized spacial score (nSPS) is 14.1. The van der Waals surface area contributed by atoms with Gasteiger partial charge < -0.3 is 10.6 Å². The van der Waals surface area contributed by atoms with Crippen LogP contribution in [0.2, 0.25) is 0 Å². The predicted octanol–water partition coefficient (Wildman–Crippen LogP) is 2.78. The van der Waals surface area contributed by atoms with Crippen molar-refractivity contribution in [3.8, 4) is 0 Å². The Bertz CT molecular complexity index is 416. The minimum atomic E-state index is -0.458. The minimum absolute atomic E-state index is 0.104. The van der Waals surface area contributed by atoms with Gasteiger partial charge in [0.05, 0.1) is 5.41 Å². The number of nitrogens with zero attached hydrogens (tertiary/aromatic N) is 1. The van der Waals surface area contributed by atoms with E-state index in [0.717, 1.165) is 16.5 Å². The molecule has 0 saturated carbocycles. The van der Waals surface area contributed by atoms with Crippen molar-refractivity contribution < 1.29 is 4.79 Å². The number of benzene rings is 1. The second kappa shape index (κ2) is 6.34. The van der Waals surface area contributed by atoms with Gasteiger partial charge in [0, 0.05) is 24.6 Å². The molecule has 0 radical (unpaired) electrons. The topological polar surface area (TPSA) is 46.3 Å². The monoisotopic (exact) mass is 312 g/mol. The Morgan fingerprint density at radius 2 is 2.17 bits per heavy atom. The van der Waals surface area contributed by atoms with Crippen LogP contribution in [0.1, 0.15) is 25.8 Å². The minimum Gasteiger partial charge on any atom is -0.341 e. The highest BCUT2D eigenvalue weighted by atomic mass is 79.9. The van der Waals surface area contributed by atoms with Gasteiger partial charge in [-0.25, -0.2) is 0 Å². The summed E-state index contributed by atoms with van der Waals surface area (Å²) in [6, 6.07) is 7.98. The fourth-order valence-electron chi connectivity index (χ4n) is 1.82. The zero-order valence-corrected chi connectivity index (χ0v) is 12.8. The zero-order chi connectivity index (χ0) is 13.8. The summed E-state index contributed by atoms with van der Waals surface area (Å²) in [7, 11) is 1.83. The van der Waals surface area contributed by atoms with Crippen molar-refractivity contribution in [2.24, 2.45) is 11.1 Å². The highest BCUT2D eigenvalue weighted by Crippen LogP contribution is 2.23. The van der Waals surface area contributed by atoms with Crippen LogP contribution in [0.25, 0.3) is 0 Å². The summed E-state index contributed by atoms with van der Waals surface area (Å²) in [5, 5.41) is 0. The molecule has 2 N–H and O–H groups in total. The maximum atomic E-state index is 12.4. The van der Waals surface area contributed by atoms with Crippen LogP contribution in [0, 0.1) is 5.41 Å². The number of amides is 1. The highest BCUT2D eigenvalue weighted by molar-refractivity contribution is 9.10. The summed E-state index contributed by atoms with van der Waals surface area (Å²) in [6.07, 6.45) is 0.755. The van der Waals surface area contributed by atoms with Gasteiger partial charge in [-0.2, -0.15) is 0 Å². The van der Waals surface area contributed by atoms with Crippen molar-refractivity contribution >= 4 is 21.8 Å². The SMILES string of the molecule is CCC(C)(CN)C(=O)N(C)Cc1cccc(Br)c1. The van der Waals surface area contributed by atoms with Crippen molar-refractivity contribution in [3.05, 3.63) is 34.3 Å². The first-order valence-electron chi connectivity index (χ1n) is 6.13. The van der Waals surface area contributed by atoms with E-state index in [1.54, 1.807) is 4.90 Å². The second-order valence-corrected chi connectivity index (χ2v) is 5.83. The number of hydrogen-bond acceptors (Lipinski definition) is 2. The van der Waals surface area contributed by atoms with Gasteiger partial charge in [-0.3, -0.25) is 4.79 Å². The van der Waals surface area contributed by atoms with Crippen LogP contribution in [0.5, 0.6) is 0 Å². The molecule has 0 aromatic heterocycles. The average molecular weight is 313 g/mol. The van der Waals surface area contributed by atoms with Crippen LogP contribution in [0.3, 0.4) is 0 Å². The molecule has 1 rings (SSSR count). The van der Waals surface area contributed by atoms with E-state index >= 15 is 0 Å². The third kappa shape index (κ3) is 3.56. The van der Waals surface area contributed by atoms with Gasteiger partial charge in [0.25, 0.3) is 0 Å². The highest BCUT2D eigenvalue weighted by Gasteiger charge is 2.32. The first-order chi connectivity index (χ1) is 8.42. The van der Waals surface area contributed by atoms with E-state index < -0.39 is 5.41 Å². The first-order valence-corrected chi connectivity index (χ1v) is 6.92. The lowest BCUT2D eigenvalue weighted by Gasteiger charge is -2.30. The van der Waals surface area contributed by atoms with Crippen molar-refractivity contribution in [2.75, 3.05) is 13.6 Å². The number of halogens is 1. The van der Waals surface area contributed by atoms with Crippen LogP contribution in [-0.2, 0) is 11.3 Å². The number of nitrogens with two attached hydrogens (primary N) is 1. The molecule has 100 valence electrons. The maximum absolute atomic E-state index is 12.4. The molecule has 1 amide bonds. The molecule has 0 heterocycles. The van der Waals surface area contributed by atoms with Crippen molar-refractivity contribution in [1.29, 1.82) is 0 Å². The molecule has 0 bridgehead atoms. The third-order valence-corrected chi connectivity index (χ3v) is 3.90. The Morgan fingerprint density at radius 3 is 2.67 bits per heavy atom. The molecule has 4 heteroatoms. The largest absolute Gasteiger partial charge is 0.341 e. The van der Waals surface area contributed by atoms with Gasteiger partial charge in [-0.05, 0) is 31.0 Å². The summed E-state index contributed by atoms with van der Waals surface area (Å²) >= 11 is 3.43. The molecule has 0 spiro atoms. The lowest BCUT2D eigenvalue weighted by molar-refractivity contribution is -0.140. The van der Waals surface area contributed by atoms with Crippen molar-refractivity contribution in [2.45, 2.75) is 26.8 Å². The molecule has 1 aromatic rings. The quantitative estimate of drug-likeness (QED) is 0.908. The zero-order valence-electron chi connectivity index (χ0n) is 11.2. The Morgan fingerprint density at radius 1 is 1.50 bits per heavy atom. The molecule has 0 aliphatic carbocycles. The molecule has 3 nitrogen and oxygen atoms in total. The molecule has 1 unspecified atom stereocenters. The Hall–Kier alpha value is -0.870. The van der Waals surface area contributed by atoms with Crippen LogP contribution >= 0.6 is 15.9 Å². The Balaban J connectivity index is 2.77. The predicted molar refractivity (Wildman–Crippen MR) is 78.1 cm³/mol. The van der Waals surface area contributed by atoms with Crippen LogP contribution in [-0.4, -0.2) is 24.4 Å². The van der Waals surface area contributed by atoms with E-state index in [1.807, 2.05) is 45.2 Å². The van der Waals surface area contributed by atoms with Crippen molar-refractivity contribution in [1.82, 2.24) is 4.90 Å². The van der Waals surface area contributed by atoms with Gasteiger partial charge in [0.15, 0.2) is 0 Å². The van der Waals surface area contributed by atoms with E-state index in [1.165, 1.54) is 0 Å². The van der Waals surface area contributed by atoms with E-state index in [9.17, 15) is 4.79 Å². The van der Waals surface area contributed by atoms with Crippen LogP contribution < -0.4 is 5.73 Å². The molecule has 0 fully saturated rings. The van der Waals surface area contributed by atoms with Gasteiger partial charge in [0.1, 0.15) is 0 Å². The molecule has 0 aliphatic rings. The molecule has 1 aromatic carbocycles. The van der Waals surface area contributed by atoms with E-state index in [4.69, 9.17) is 5.73 Å². The average Bonchev–Trinajstić information content (AvgIpc) is 2.37. The van der Waals surface area contributed by atoms with Crippen molar-refractivity contribution in [3.63, 3.8) is 0 Å². The van der Waals surface area contributed by atoms with E-state index in [2.05, 4.69) is 15.9 Å². The Kier molecular flexibility index (Phi) is 5.35. The molecule has 1 atom stereocenters. The van der Waals surface area contributed by atoms with E-state index in [0.29, 0.717) is 13.1 Å². The number of carbonyl (C=O) groups excluding carboxylic acids is 1. The fraction of sp³-hybridized carbons (Fsp3) is 0.500. The molecule has 18 heavy (non-hydrogen) atoms. The lowest BCUT2D eigenvalue weighted by Crippen LogP contribution is -2.44. The van der Waals surface area contributed by atoms with E-state index in [-0.39, 0.29) is 5.91 Å². The van der Waals surface area contributed by atoms with Gasteiger partial charge in [-0.15, -0.1) is 0 Å². The first kappa shape index (κ1) is 15.2. The summed E-state index contributed by atoms with van der Waals surface area (Å²) in [5.74, 6) is 0.104. The molecular weight excluding hydrogens is 292 g/mol. The molecule has 0 saturated heterocycles. The van der Waals surface area contributed by atoms with Gasteiger partial charge in [0.2, 0.25) is 5.91 Å². The summed E-state index contributed by atoms with van der Waals surface area (Å²) in [4.78, 5) is 14.1. The van der Waals surface area contributed by atoms with Gasteiger partial charge in [-0.1, -0.05) is 35.0 Å². The lowest BCUT2D eigenvalue weighted by atomic mass is 9.86. The smallest absolute Gasteiger partial charge is 0.229 e. The van der Waals surface area contributed by atoms with Gasteiger partial charge >= 0.3 is 0 Å². The summed E-state index contributed by atoms with van der Waals surface area (Å²) in [5.41, 5.74) is 6.37. The van der Waals surface area contributed by atoms with Crippen LogP contribution in [0.15, 0.2) is 28.7 Å².